The SMILES string of the molecule is Cc1cc(C)c(CNC(=O)c2cccc(OC3CCOCC3)c2C)c(=O)[nH]1. The van der Waals surface area contributed by atoms with Gasteiger partial charge in [-0.2, -0.15) is 0 Å². The van der Waals surface area contributed by atoms with E-state index in [-0.39, 0.29) is 24.1 Å². The Kier molecular flexibility index (Phi) is 5.96. The summed E-state index contributed by atoms with van der Waals surface area (Å²) in [6.07, 6.45) is 1.82. The lowest BCUT2D eigenvalue weighted by molar-refractivity contribution is 0.0252. The van der Waals surface area contributed by atoms with Crippen molar-refractivity contribution in [3.05, 3.63) is 62.6 Å². The minimum Gasteiger partial charge on any atom is -0.490 e. The predicted octanol–water partition coefficient (Wildman–Crippen LogP) is 2.79. The van der Waals surface area contributed by atoms with Gasteiger partial charge in [0.25, 0.3) is 11.5 Å². The number of aromatic nitrogens is 1. The van der Waals surface area contributed by atoms with Gasteiger partial charge in [-0.3, -0.25) is 9.59 Å². The van der Waals surface area contributed by atoms with Gasteiger partial charge < -0.3 is 19.8 Å². The third-order valence-corrected chi connectivity index (χ3v) is 4.91. The van der Waals surface area contributed by atoms with Crippen molar-refractivity contribution < 1.29 is 14.3 Å². The molecule has 1 amide bonds. The molecule has 1 fully saturated rings. The van der Waals surface area contributed by atoms with E-state index in [1.54, 1.807) is 6.07 Å². The maximum Gasteiger partial charge on any atom is 0.253 e. The molecule has 6 heteroatoms. The second-order valence-electron chi connectivity index (χ2n) is 6.98. The van der Waals surface area contributed by atoms with Crippen LogP contribution in [0.2, 0.25) is 0 Å². The summed E-state index contributed by atoms with van der Waals surface area (Å²) < 4.78 is 11.4. The summed E-state index contributed by atoms with van der Waals surface area (Å²) >= 11 is 0. The van der Waals surface area contributed by atoms with Crippen molar-refractivity contribution in [1.82, 2.24) is 10.3 Å². The molecule has 27 heavy (non-hydrogen) atoms. The molecule has 0 aliphatic carbocycles. The Balaban J connectivity index is 1.71. The molecular weight excluding hydrogens is 344 g/mol. The van der Waals surface area contributed by atoms with Crippen molar-refractivity contribution in [2.75, 3.05) is 13.2 Å². The molecule has 2 aromatic rings. The minimum atomic E-state index is -0.218. The first-order valence-electron chi connectivity index (χ1n) is 9.27. The summed E-state index contributed by atoms with van der Waals surface area (Å²) in [4.78, 5) is 27.6. The lowest BCUT2D eigenvalue weighted by Crippen LogP contribution is -2.29. The van der Waals surface area contributed by atoms with Crippen molar-refractivity contribution in [2.45, 2.75) is 46.3 Å². The van der Waals surface area contributed by atoms with Gasteiger partial charge in [-0.25, -0.2) is 0 Å². The minimum absolute atomic E-state index is 0.115. The first-order valence-corrected chi connectivity index (χ1v) is 9.27. The van der Waals surface area contributed by atoms with Crippen LogP contribution >= 0.6 is 0 Å². The number of amides is 1. The molecule has 1 aromatic heterocycles. The van der Waals surface area contributed by atoms with Crippen molar-refractivity contribution in [1.29, 1.82) is 0 Å². The highest BCUT2D eigenvalue weighted by atomic mass is 16.5. The Morgan fingerprint density at radius 3 is 2.70 bits per heavy atom. The highest BCUT2D eigenvalue weighted by Crippen LogP contribution is 2.25. The molecule has 0 radical (unpaired) electrons. The quantitative estimate of drug-likeness (QED) is 0.848. The van der Waals surface area contributed by atoms with E-state index in [1.807, 2.05) is 39.0 Å². The Morgan fingerprint density at radius 2 is 2.00 bits per heavy atom. The van der Waals surface area contributed by atoms with Crippen molar-refractivity contribution >= 4 is 5.91 Å². The van der Waals surface area contributed by atoms with E-state index in [2.05, 4.69) is 10.3 Å². The summed E-state index contributed by atoms with van der Waals surface area (Å²) in [5.74, 6) is 0.503. The van der Waals surface area contributed by atoms with Gasteiger partial charge in [0.2, 0.25) is 0 Å². The molecule has 0 unspecified atom stereocenters. The lowest BCUT2D eigenvalue weighted by Gasteiger charge is -2.24. The van der Waals surface area contributed by atoms with Crippen LogP contribution in [-0.4, -0.2) is 30.2 Å². The molecule has 0 bridgehead atoms. The van der Waals surface area contributed by atoms with Crippen LogP contribution in [0.25, 0.3) is 0 Å². The Bertz CT molecular complexity index is 882. The van der Waals surface area contributed by atoms with Crippen LogP contribution < -0.4 is 15.6 Å². The van der Waals surface area contributed by atoms with Gasteiger partial charge in [0.05, 0.1) is 13.2 Å². The zero-order valence-corrected chi connectivity index (χ0v) is 16.1. The number of aromatic amines is 1. The molecule has 1 saturated heterocycles. The van der Waals surface area contributed by atoms with Gasteiger partial charge in [-0.1, -0.05) is 6.07 Å². The first kappa shape index (κ1) is 19.2. The highest BCUT2D eigenvalue weighted by Gasteiger charge is 2.19. The van der Waals surface area contributed by atoms with Crippen LogP contribution in [0.3, 0.4) is 0 Å². The number of aryl methyl sites for hydroxylation is 2. The number of ether oxygens (including phenoxy) is 2. The number of H-pyrrole nitrogens is 1. The summed E-state index contributed by atoms with van der Waals surface area (Å²) in [6.45, 7) is 7.18. The van der Waals surface area contributed by atoms with Crippen molar-refractivity contribution in [2.24, 2.45) is 0 Å². The van der Waals surface area contributed by atoms with E-state index in [9.17, 15) is 9.59 Å². The third-order valence-electron chi connectivity index (χ3n) is 4.91. The van der Waals surface area contributed by atoms with Crippen LogP contribution in [0.1, 0.15) is 45.6 Å². The van der Waals surface area contributed by atoms with E-state index in [1.165, 1.54) is 0 Å². The zero-order valence-electron chi connectivity index (χ0n) is 16.1. The monoisotopic (exact) mass is 370 g/mol. The molecule has 6 nitrogen and oxygen atoms in total. The number of pyridine rings is 1. The molecule has 3 rings (SSSR count). The van der Waals surface area contributed by atoms with Gasteiger partial charge in [-0.05, 0) is 44.5 Å². The van der Waals surface area contributed by atoms with Gasteiger partial charge >= 0.3 is 0 Å². The average molecular weight is 370 g/mol. The second kappa shape index (κ2) is 8.39. The standard InChI is InChI=1S/C21H26N2O4/c1-13-11-14(2)23-21(25)18(13)12-22-20(24)17-5-4-6-19(15(17)3)27-16-7-9-26-10-8-16/h4-6,11,16H,7-10,12H2,1-3H3,(H,22,24)(H,23,25). The fraction of sp³-hybridized carbons (Fsp3) is 0.429. The highest BCUT2D eigenvalue weighted by molar-refractivity contribution is 5.96. The van der Waals surface area contributed by atoms with Crippen LogP contribution in [0.5, 0.6) is 5.75 Å². The Labute approximate surface area is 158 Å². The zero-order chi connectivity index (χ0) is 19.4. The smallest absolute Gasteiger partial charge is 0.253 e. The Morgan fingerprint density at radius 1 is 1.26 bits per heavy atom. The van der Waals surface area contributed by atoms with E-state index in [0.717, 1.165) is 35.4 Å². The fourth-order valence-corrected chi connectivity index (χ4v) is 3.33. The summed E-state index contributed by atoms with van der Waals surface area (Å²) in [5, 5.41) is 2.85. The maximum absolute atomic E-state index is 12.7. The maximum atomic E-state index is 12.7. The van der Waals surface area contributed by atoms with E-state index >= 15 is 0 Å². The number of rotatable bonds is 5. The van der Waals surface area contributed by atoms with Crippen molar-refractivity contribution in [3.8, 4) is 5.75 Å². The van der Waals surface area contributed by atoms with Gasteiger partial charge in [-0.15, -0.1) is 0 Å². The van der Waals surface area contributed by atoms with Gasteiger partial charge in [0, 0.05) is 41.8 Å². The number of hydrogen-bond donors (Lipinski definition) is 2. The lowest BCUT2D eigenvalue weighted by atomic mass is 10.1. The van der Waals surface area contributed by atoms with Crippen LogP contribution in [0, 0.1) is 20.8 Å². The topological polar surface area (TPSA) is 80.4 Å². The summed E-state index contributed by atoms with van der Waals surface area (Å²) in [6, 6.07) is 7.38. The molecule has 2 heterocycles. The molecule has 0 saturated carbocycles. The van der Waals surface area contributed by atoms with E-state index in [4.69, 9.17) is 9.47 Å². The average Bonchev–Trinajstić information content (AvgIpc) is 2.63. The second-order valence-corrected chi connectivity index (χ2v) is 6.98. The van der Waals surface area contributed by atoms with E-state index in [0.29, 0.717) is 24.3 Å². The van der Waals surface area contributed by atoms with Gasteiger partial charge in [0.1, 0.15) is 11.9 Å². The number of carbonyl (C=O) groups is 1. The molecule has 0 spiro atoms. The molecular formula is C21H26N2O4. The molecule has 2 N–H and O–H groups in total. The predicted molar refractivity (Wildman–Crippen MR) is 103 cm³/mol. The summed E-state index contributed by atoms with van der Waals surface area (Å²) in [5.41, 5.74) is 3.44. The first-order chi connectivity index (χ1) is 13.0. The van der Waals surface area contributed by atoms with Crippen LogP contribution in [0.4, 0.5) is 0 Å². The molecule has 144 valence electrons. The van der Waals surface area contributed by atoms with E-state index < -0.39 is 0 Å². The molecule has 0 atom stereocenters. The van der Waals surface area contributed by atoms with Crippen LogP contribution in [-0.2, 0) is 11.3 Å². The fourth-order valence-electron chi connectivity index (χ4n) is 3.33. The summed E-state index contributed by atoms with van der Waals surface area (Å²) in [7, 11) is 0. The van der Waals surface area contributed by atoms with Crippen molar-refractivity contribution in [3.63, 3.8) is 0 Å². The number of nitrogens with one attached hydrogen (secondary N) is 2. The number of benzene rings is 1. The number of carbonyl (C=O) groups excluding carboxylic acids is 1. The molecule has 1 aliphatic heterocycles. The Hall–Kier alpha value is -2.60. The normalized spacial score (nSPS) is 14.8. The van der Waals surface area contributed by atoms with Crippen LogP contribution in [0.15, 0.2) is 29.1 Å². The third kappa shape index (κ3) is 4.57. The largest absolute Gasteiger partial charge is 0.490 e. The number of hydrogen-bond acceptors (Lipinski definition) is 4. The molecule has 1 aliphatic rings. The molecule has 1 aromatic carbocycles. The van der Waals surface area contributed by atoms with Gasteiger partial charge in [0.15, 0.2) is 0 Å².